The van der Waals surface area contributed by atoms with E-state index in [0.717, 1.165) is 28.6 Å². The third kappa shape index (κ3) is 3.62. The number of carbonyl (C=O) groups excluding carboxylic acids is 3. The number of anilines is 1. The summed E-state index contributed by atoms with van der Waals surface area (Å²) in [6.45, 7) is 7.19. The minimum absolute atomic E-state index is 0.216. The van der Waals surface area contributed by atoms with Crippen molar-refractivity contribution in [2.45, 2.75) is 32.6 Å². The van der Waals surface area contributed by atoms with E-state index < -0.39 is 10.8 Å². The minimum Gasteiger partial charge on any atom is -0.492 e. The van der Waals surface area contributed by atoms with Crippen LogP contribution < -0.4 is 15.0 Å². The largest absolute Gasteiger partial charge is 0.492 e. The number of benzene rings is 2. The highest BCUT2D eigenvalue weighted by molar-refractivity contribution is 8.15. The van der Waals surface area contributed by atoms with Gasteiger partial charge >= 0.3 is 0 Å². The zero-order valence-corrected chi connectivity index (χ0v) is 19.2. The summed E-state index contributed by atoms with van der Waals surface area (Å²) in [6.07, 6.45) is 0. The highest BCUT2D eigenvalue weighted by Crippen LogP contribution is 2.55. The maximum absolute atomic E-state index is 13.9. The fraction of sp³-hybridized carbons (Fsp3) is 0.304. The van der Waals surface area contributed by atoms with Crippen molar-refractivity contribution in [1.82, 2.24) is 10.3 Å². The molecule has 0 saturated heterocycles. The summed E-state index contributed by atoms with van der Waals surface area (Å²) in [4.78, 5) is 38.4. The molecule has 9 heteroatoms. The number of hydrogen-bond donors (Lipinski definition) is 1. The van der Waals surface area contributed by atoms with Gasteiger partial charge in [0, 0.05) is 19.4 Å². The number of hydrazone groups is 1. The van der Waals surface area contributed by atoms with Crippen LogP contribution in [0.25, 0.3) is 0 Å². The number of amidine groups is 1. The molecular weight excluding hydrogens is 428 g/mol. The molecule has 4 rings (SSSR count). The van der Waals surface area contributed by atoms with E-state index >= 15 is 0 Å². The Kier molecular flexibility index (Phi) is 5.68. The molecular formula is C23H24N4O4S. The number of hydrogen-bond acceptors (Lipinski definition) is 6. The van der Waals surface area contributed by atoms with Crippen LogP contribution in [0.4, 0.5) is 5.69 Å². The number of thioether (sulfide) groups is 1. The standard InChI is InChI=1S/C23H24N4O4S/c1-14-12-15(2)20-19(13-14)23(27(17(4)29)25-22(32-23)24-16(3)28)21(30)26(20)10-11-31-18-8-6-5-7-9-18/h5-9,12-13H,10-11H2,1-4H3,(H,24,25,28)/t23-/m0/s1. The van der Waals surface area contributed by atoms with Gasteiger partial charge in [0.05, 0.1) is 12.2 Å². The molecule has 0 radical (unpaired) electrons. The van der Waals surface area contributed by atoms with E-state index in [1.54, 1.807) is 4.90 Å². The second kappa shape index (κ2) is 8.31. The van der Waals surface area contributed by atoms with E-state index in [1.807, 2.05) is 56.3 Å². The molecule has 1 atom stereocenters. The van der Waals surface area contributed by atoms with E-state index in [0.29, 0.717) is 17.9 Å². The van der Waals surface area contributed by atoms with E-state index in [2.05, 4.69) is 10.4 Å². The first-order valence-electron chi connectivity index (χ1n) is 10.2. The maximum Gasteiger partial charge on any atom is 0.270 e. The summed E-state index contributed by atoms with van der Waals surface area (Å²) in [5, 5.41) is 8.31. The Labute approximate surface area is 190 Å². The second-order valence-electron chi connectivity index (χ2n) is 7.76. The molecule has 2 heterocycles. The van der Waals surface area contributed by atoms with Gasteiger partial charge in [-0.3, -0.25) is 14.4 Å². The number of nitrogens with zero attached hydrogens (tertiary/aromatic N) is 3. The van der Waals surface area contributed by atoms with Crippen LogP contribution in [-0.4, -0.2) is 41.0 Å². The lowest BCUT2D eigenvalue weighted by Crippen LogP contribution is -2.49. The highest BCUT2D eigenvalue weighted by atomic mass is 32.2. The molecule has 32 heavy (non-hydrogen) atoms. The fourth-order valence-corrected chi connectivity index (χ4v) is 5.44. The molecule has 1 N–H and O–H groups in total. The Morgan fingerprint density at radius 2 is 1.88 bits per heavy atom. The zero-order chi connectivity index (χ0) is 23.0. The lowest BCUT2D eigenvalue weighted by Gasteiger charge is -2.29. The third-order valence-corrected chi connectivity index (χ3v) is 6.50. The predicted molar refractivity (Wildman–Crippen MR) is 123 cm³/mol. The number of rotatable bonds is 4. The lowest BCUT2D eigenvalue weighted by atomic mass is 10.0. The summed E-state index contributed by atoms with van der Waals surface area (Å²) in [7, 11) is 0. The molecule has 1 spiro atoms. The summed E-state index contributed by atoms with van der Waals surface area (Å²) >= 11 is 1.08. The molecule has 2 aromatic rings. The molecule has 0 saturated carbocycles. The first kappa shape index (κ1) is 21.9. The van der Waals surface area contributed by atoms with E-state index in [9.17, 15) is 14.4 Å². The SMILES string of the molecule is CC(=O)NC1=NN(C(C)=O)[C@@]2(S1)C(=O)N(CCOc1ccccc1)c1c(C)cc(C)cc12. The number of nitrogens with one attached hydrogen (secondary N) is 1. The quantitative estimate of drug-likeness (QED) is 0.770. The topological polar surface area (TPSA) is 91.3 Å². The fourth-order valence-electron chi connectivity index (χ4n) is 4.12. The van der Waals surface area contributed by atoms with E-state index in [4.69, 9.17) is 4.74 Å². The van der Waals surface area contributed by atoms with Gasteiger partial charge in [-0.1, -0.05) is 35.9 Å². The summed E-state index contributed by atoms with van der Waals surface area (Å²) in [5.41, 5.74) is 3.31. The normalized spacial score (nSPS) is 19.2. The number of ether oxygens (including phenoxy) is 1. The Hall–Kier alpha value is -3.33. The van der Waals surface area contributed by atoms with Crippen LogP contribution in [-0.2, 0) is 19.3 Å². The van der Waals surface area contributed by atoms with Crippen molar-refractivity contribution in [3.63, 3.8) is 0 Å². The van der Waals surface area contributed by atoms with Gasteiger partial charge in [0.25, 0.3) is 5.91 Å². The van der Waals surface area contributed by atoms with Gasteiger partial charge in [0.2, 0.25) is 16.7 Å². The third-order valence-electron chi connectivity index (χ3n) is 5.26. The molecule has 8 nitrogen and oxygen atoms in total. The molecule has 0 aliphatic carbocycles. The number of amides is 3. The lowest BCUT2D eigenvalue weighted by molar-refractivity contribution is -0.139. The number of carbonyl (C=O) groups is 3. The van der Waals surface area contributed by atoms with Gasteiger partial charge in [-0.2, -0.15) is 5.01 Å². The molecule has 2 aliphatic rings. The predicted octanol–water partition coefficient (Wildman–Crippen LogP) is 2.88. The second-order valence-corrected chi connectivity index (χ2v) is 8.94. The number of fused-ring (bicyclic) bond motifs is 2. The molecule has 2 aromatic carbocycles. The first-order valence-corrected chi connectivity index (χ1v) is 11.0. The van der Waals surface area contributed by atoms with Crippen LogP contribution >= 0.6 is 11.8 Å². The van der Waals surface area contributed by atoms with Crippen LogP contribution in [0.15, 0.2) is 47.6 Å². The molecule has 0 fully saturated rings. The van der Waals surface area contributed by atoms with Crippen molar-refractivity contribution in [2.75, 3.05) is 18.1 Å². The monoisotopic (exact) mass is 452 g/mol. The van der Waals surface area contributed by atoms with Crippen molar-refractivity contribution in [1.29, 1.82) is 0 Å². The average molecular weight is 453 g/mol. The first-order chi connectivity index (χ1) is 15.2. The molecule has 3 amide bonds. The van der Waals surface area contributed by atoms with Crippen molar-refractivity contribution in [3.8, 4) is 5.75 Å². The van der Waals surface area contributed by atoms with Crippen LogP contribution in [0.5, 0.6) is 5.75 Å². The van der Waals surface area contributed by atoms with Crippen molar-refractivity contribution >= 4 is 40.3 Å². The summed E-state index contributed by atoms with van der Waals surface area (Å²) in [5.74, 6) is -0.288. The van der Waals surface area contributed by atoms with Gasteiger partial charge in [0.1, 0.15) is 12.4 Å². The van der Waals surface area contributed by atoms with Gasteiger partial charge in [-0.15, -0.1) is 5.10 Å². The molecule has 0 unspecified atom stereocenters. The van der Waals surface area contributed by atoms with Crippen LogP contribution in [0, 0.1) is 13.8 Å². The average Bonchev–Trinajstić information content (AvgIpc) is 3.21. The van der Waals surface area contributed by atoms with Crippen LogP contribution in [0.1, 0.15) is 30.5 Å². The molecule has 0 bridgehead atoms. The Morgan fingerprint density at radius 1 is 1.16 bits per heavy atom. The maximum atomic E-state index is 13.9. The van der Waals surface area contributed by atoms with Crippen molar-refractivity contribution in [2.24, 2.45) is 5.10 Å². The molecule has 0 aromatic heterocycles. The summed E-state index contributed by atoms with van der Waals surface area (Å²) < 4.78 is 5.83. The minimum atomic E-state index is -1.40. The van der Waals surface area contributed by atoms with Crippen molar-refractivity contribution < 1.29 is 19.1 Å². The zero-order valence-electron chi connectivity index (χ0n) is 18.3. The Balaban J connectivity index is 1.72. The smallest absolute Gasteiger partial charge is 0.270 e. The van der Waals surface area contributed by atoms with Gasteiger partial charge in [0.15, 0.2) is 5.17 Å². The highest BCUT2D eigenvalue weighted by Gasteiger charge is 2.61. The number of para-hydroxylation sites is 1. The molecule has 2 aliphatic heterocycles. The van der Waals surface area contributed by atoms with Gasteiger partial charge in [-0.25, -0.2) is 0 Å². The van der Waals surface area contributed by atoms with Crippen molar-refractivity contribution in [3.05, 3.63) is 59.2 Å². The Morgan fingerprint density at radius 3 is 2.53 bits per heavy atom. The van der Waals surface area contributed by atoms with Gasteiger partial charge in [-0.05, 0) is 43.3 Å². The summed E-state index contributed by atoms with van der Waals surface area (Å²) in [6, 6.07) is 13.3. The van der Waals surface area contributed by atoms with E-state index in [-0.39, 0.29) is 23.6 Å². The number of aryl methyl sites for hydroxylation is 2. The van der Waals surface area contributed by atoms with Crippen LogP contribution in [0.2, 0.25) is 0 Å². The van der Waals surface area contributed by atoms with Crippen LogP contribution in [0.3, 0.4) is 0 Å². The Bertz CT molecular complexity index is 1130. The molecule has 166 valence electrons. The van der Waals surface area contributed by atoms with Gasteiger partial charge < -0.3 is 15.0 Å². The van der Waals surface area contributed by atoms with E-state index in [1.165, 1.54) is 18.9 Å².